The minimum Gasteiger partial charge on any atom is -0.389 e. The second-order valence-electron chi connectivity index (χ2n) is 1.73. The maximum absolute atomic E-state index is 8.59. The average Bonchev–Trinajstić information content (AvgIpc) is 2.34. The van der Waals surface area contributed by atoms with E-state index in [-0.39, 0.29) is 6.61 Å². The Morgan fingerprint density at radius 3 is 2.89 bits per heavy atom. The summed E-state index contributed by atoms with van der Waals surface area (Å²) >= 11 is 1.57. The first-order valence-electron chi connectivity index (χ1n) is 2.91. The molecule has 0 saturated carbocycles. The van der Waals surface area contributed by atoms with E-state index < -0.39 is 0 Å². The van der Waals surface area contributed by atoms with Gasteiger partial charge in [0.1, 0.15) is 5.01 Å². The van der Waals surface area contributed by atoms with Gasteiger partial charge in [-0.15, -0.1) is 11.3 Å². The van der Waals surface area contributed by atoms with E-state index >= 15 is 0 Å². The minimum atomic E-state index is 0.0741. The summed E-state index contributed by atoms with van der Waals surface area (Å²) in [5.74, 6) is 0. The second kappa shape index (κ2) is 2.94. The van der Waals surface area contributed by atoms with Crippen LogP contribution >= 0.6 is 11.3 Å². The highest BCUT2D eigenvalue weighted by Gasteiger charge is 1.95. The van der Waals surface area contributed by atoms with E-state index in [1.54, 1.807) is 11.3 Å². The fraction of sp³-hybridized carbons (Fsp3) is 0.500. The van der Waals surface area contributed by atoms with Gasteiger partial charge in [0.25, 0.3) is 0 Å². The van der Waals surface area contributed by atoms with Crippen LogP contribution in [0.25, 0.3) is 0 Å². The highest BCUT2D eigenvalue weighted by Crippen LogP contribution is 2.12. The van der Waals surface area contributed by atoms with Crippen molar-refractivity contribution in [3.8, 4) is 0 Å². The first-order chi connectivity index (χ1) is 4.36. The van der Waals surface area contributed by atoms with Crippen molar-refractivity contribution in [3.63, 3.8) is 0 Å². The molecular weight excluding hydrogens is 134 g/mol. The van der Waals surface area contributed by atoms with Crippen molar-refractivity contribution in [1.29, 1.82) is 0 Å². The molecule has 1 aromatic heterocycles. The molecule has 3 heteroatoms. The largest absolute Gasteiger partial charge is 0.389 e. The smallest absolute Gasteiger partial charge is 0.118 e. The molecule has 0 unspecified atom stereocenters. The molecule has 0 fully saturated rings. The Morgan fingerprint density at radius 2 is 2.56 bits per heavy atom. The SMILES string of the molecule is CCc1cnc(CO)s1. The number of nitrogens with zero attached hydrogens (tertiary/aromatic N) is 1. The van der Waals surface area contributed by atoms with Crippen molar-refractivity contribution in [2.45, 2.75) is 20.0 Å². The van der Waals surface area contributed by atoms with Crippen LogP contribution in [-0.4, -0.2) is 10.1 Å². The van der Waals surface area contributed by atoms with Gasteiger partial charge in [-0.3, -0.25) is 0 Å². The monoisotopic (exact) mass is 143 g/mol. The zero-order valence-electron chi connectivity index (χ0n) is 5.29. The lowest BCUT2D eigenvalue weighted by Gasteiger charge is -1.81. The summed E-state index contributed by atoms with van der Waals surface area (Å²) < 4.78 is 0. The van der Waals surface area contributed by atoms with Crippen LogP contribution in [0.1, 0.15) is 16.8 Å². The van der Waals surface area contributed by atoms with Gasteiger partial charge in [-0.2, -0.15) is 0 Å². The summed E-state index contributed by atoms with van der Waals surface area (Å²) in [7, 11) is 0. The fourth-order valence-corrected chi connectivity index (χ4v) is 1.31. The van der Waals surface area contributed by atoms with E-state index in [9.17, 15) is 0 Å². The van der Waals surface area contributed by atoms with Gasteiger partial charge in [0.05, 0.1) is 6.61 Å². The Labute approximate surface area is 58.2 Å². The Balaban J connectivity index is 2.74. The predicted molar refractivity (Wildman–Crippen MR) is 37.4 cm³/mol. The third-order valence-corrected chi connectivity index (χ3v) is 2.21. The summed E-state index contributed by atoms with van der Waals surface area (Å²) in [4.78, 5) is 5.21. The molecule has 0 radical (unpaired) electrons. The average molecular weight is 143 g/mol. The van der Waals surface area contributed by atoms with Crippen molar-refractivity contribution in [2.24, 2.45) is 0 Å². The normalized spacial score (nSPS) is 10.0. The standard InChI is InChI=1S/C6H9NOS/c1-2-5-3-7-6(4-8)9-5/h3,8H,2,4H2,1H3. The molecule has 9 heavy (non-hydrogen) atoms. The topological polar surface area (TPSA) is 33.1 Å². The predicted octanol–water partition coefficient (Wildman–Crippen LogP) is 1.20. The highest BCUT2D eigenvalue weighted by molar-refractivity contribution is 7.11. The molecule has 50 valence electrons. The molecule has 1 heterocycles. The van der Waals surface area contributed by atoms with Crippen LogP contribution in [0.15, 0.2) is 6.20 Å². The van der Waals surface area contributed by atoms with Crippen LogP contribution in [0.4, 0.5) is 0 Å². The maximum Gasteiger partial charge on any atom is 0.118 e. The first-order valence-corrected chi connectivity index (χ1v) is 3.73. The van der Waals surface area contributed by atoms with Crippen LogP contribution in [0, 0.1) is 0 Å². The Hall–Kier alpha value is -0.410. The van der Waals surface area contributed by atoms with E-state index in [1.807, 2.05) is 6.20 Å². The van der Waals surface area contributed by atoms with Gasteiger partial charge in [-0.25, -0.2) is 4.98 Å². The first kappa shape index (κ1) is 6.71. The quantitative estimate of drug-likeness (QED) is 0.674. The van der Waals surface area contributed by atoms with E-state index in [4.69, 9.17) is 5.11 Å². The Bertz CT molecular complexity index is 166. The zero-order valence-corrected chi connectivity index (χ0v) is 6.11. The number of thiazole rings is 1. The summed E-state index contributed by atoms with van der Waals surface area (Å²) in [6, 6.07) is 0. The number of aryl methyl sites for hydroxylation is 1. The van der Waals surface area contributed by atoms with Gasteiger partial charge in [0.15, 0.2) is 0 Å². The molecule has 1 aromatic rings. The van der Waals surface area contributed by atoms with Crippen molar-refractivity contribution in [3.05, 3.63) is 16.1 Å². The molecule has 0 aliphatic rings. The van der Waals surface area contributed by atoms with Crippen molar-refractivity contribution < 1.29 is 5.11 Å². The number of aromatic nitrogens is 1. The zero-order chi connectivity index (χ0) is 6.69. The summed E-state index contributed by atoms with van der Waals surface area (Å²) in [5, 5.41) is 9.41. The van der Waals surface area contributed by atoms with Gasteiger partial charge in [-0.1, -0.05) is 6.92 Å². The van der Waals surface area contributed by atoms with Crippen molar-refractivity contribution in [1.82, 2.24) is 4.98 Å². The molecule has 0 saturated heterocycles. The molecular formula is C6H9NOS. The van der Waals surface area contributed by atoms with Gasteiger partial charge >= 0.3 is 0 Å². The third kappa shape index (κ3) is 1.50. The van der Waals surface area contributed by atoms with Gasteiger partial charge in [-0.05, 0) is 6.42 Å². The van der Waals surface area contributed by atoms with Crippen LogP contribution in [-0.2, 0) is 13.0 Å². The molecule has 0 aromatic carbocycles. The van der Waals surface area contributed by atoms with E-state index in [1.165, 1.54) is 4.88 Å². The fourth-order valence-electron chi connectivity index (χ4n) is 0.585. The summed E-state index contributed by atoms with van der Waals surface area (Å²) in [6.45, 7) is 2.15. The van der Waals surface area contributed by atoms with E-state index in [0.29, 0.717) is 0 Å². The minimum absolute atomic E-state index is 0.0741. The molecule has 1 N–H and O–H groups in total. The van der Waals surface area contributed by atoms with Gasteiger partial charge in [0, 0.05) is 11.1 Å². The number of aliphatic hydroxyl groups excluding tert-OH is 1. The number of aliphatic hydroxyl groups is 1. The van der Waals surface area contributed by atoms with E-state index in [2.05, 4.69) is 11.9 Å². The van der Waals surface area contributed by atoms with Crippen molar-refractivity contribution in [2.75, 3.05) is 0 Å². The molecule has 0 aliphatic heterocycles. The lowest BCUT2D eigenvalue weighted by molar-refractivity contribution is 0.281. The molecule has 0 amide bonds. The number of hydrogen-bond donors (Lipinski definition) is 1. The molecule has 0 spiro atoms. The Kier molecular flexibility index (Phi) is 2.19. The maximum atomic E-state index is 8.59. The third-order valence-electron chi connectivity index (χ3n) is 1.09. The second-order valence-corrected chi connectivity index (χ2v) is 2.93. The van der Waals surface area contributed by atoms with Crippen LogP contribution < -0.4 is 0 Å². The van der Waals surface area contributed by atoms with Crippen molar-refractivity contribution >= 4 is 11.3 Å². The van der Waals surface area contributed by atoms with Crippen LogP contribution in [0.5, 0.6) is 0 Å². The number of hydrogen-bond acceptors (Lipinski definition) is 3. The highest BCUT2D eigenvalue weighted by atomic mass is 32.1. The molecule has 2 nitrogen and oxygen atoms in total. The van der Waals surface area contributed by atoms with Crippen LogP contribution in [0.3, 0.4) is 0 Å². The lowest BCUT2D eigenvalue weighted by Crippen LogP contribution is -1.75. The lowest BCUT2D eigenvalue weighted by atomic mass is 10.4. The molecule has 0 atom stereocenters. The van der Waals surface area contributed by atoms with Gasteiger partial charge in [0.2, 0.25) is 0 Å². The Morgan fingerprint density at radius 1 is 1.78 bits per heavy atom. The number of rotatable bonds is 2. The molecule has 0 aliphatic carbocycles. The van der Waals surface area contributed by atoms with Gasteiger partial charge < -0.3 is 5.11 Å². The van der Waals surface area contributed by atoms with E-state index in [0.717, 1.165) is 11.4 Å². The van der Waals surface area contributed by atoms with Crippen LogP contribution in [0.2, 0.25) is 0 Å². The summed E-state index contributed by atoms with van der Waals surface area (Å²) in [6.07, 6.45) is 2.83. The molecule has 1 rings (SSSR count). The summed E-state index contributed by atoms with van der Waals surface area (Å²) in [5.41, 5.74) is 0. The molecule has 0 bridgehead atoms.